The Morgan fingerprint density at radius 2 is 1.96 bits per heavy atom. The molecular weight excluding hydrogens is 353 g/mol. The number of anilines is 1. The molecule has 0 unspecified atom stereocenters. The fourth-order valence-electron chi connectivity index (χ4n) is 4.01. The summed E-state index contributed by atoms with van der Waals surface area (Å²) in [7, 11) is 0. The summed E-state index contributed by atoms with van der Waals surface area (Å²) < 4.78 is 16.6. The fraction of sp³-hybridized carbons (Fsp3) is 0.304. The normalized spacial score (nSPS) is 13.5. The van der Waals surface area contributed by atoms with Crippen LogP contribution in [0.5, 0.6) is 0 Å². The molecule has 4 nitrogen and oxygen atoms in total. The van der Waals surface area contributed by atoms with Gasteiger partial charge in [0, 0.05) is 17.8 Å². The quantitative estimate of drug-likeness (QED) is 0.670. The molecule has 1 amide bonds. The Balaban J connectivity index is 1.64. The predicted octanol–water partition coefficient (Wildman–Crippen LogP) is 4.59. The summed E-state index contributed by atoms with van der Waals surface area (Å²) in [5.41, 5.74) is 5.86. The topological polar surface area (TPSA) is 38.1 Å². The van der Waals surface area contributed by atoms with Crippen LogP contribution < -0.4 is 4.90 Å². The van der Waals surface area contributed by atoms with Gasteiger partial charge in [0.05, 0.1) is 17.9 Å². The molecule has 0 saturated carbocycles. The number of carbonyl (C=O) groups is 1. The molecule has 4 rings (SSSR count). The second-order valence-corrected chi connectivity index (χ2v) is 7.60. The SMILES string of the molecule is Cc1cc(F)c2c(c1)CCCN2C(=O)c1cccc(Cn2nc(C)cc2C)c1. The van der Waals surface area contributed by atoms with Gasteiger partial charge in [-0.3, -0.25) is 9.48 Å². The van der Waals surface area contributed by atoms with E-state index in [2.05, 4.69) is 5.10 Å². The van der Waals surface area contributed by atoms with E-state index in [-0.39, 0.29) is 11.7 Å². The minimum Gasteiger partial charge on any atom is -0.305 e. The summed E-state index contributed by atoms with van der Waals surface area (Å²) in [6, 6.07) is 13.1. The Kier molecular flexibility index (Phi) is 4.75. The molecule has 1 aliphatic rings. The number of fused-ring (bicyclic) bond motifs is 1. The Morgan fingerprint density at radius 1 is 1.14 bits per heavy atom. The zero-order valence-corrected chi connectivity index (χ0v) is 16.5. The van der Waals surface area contributed by atoms with E-state index in [0.717, 1.165) is 40.9 Å². The van der Waals surface area contributed by atoms with Crippen LogP contribution in [0.4, 0.5) is 10.1 Å². The molecule has 0 bridgehead atoms. The van der Waals surface area contributed by atoms with Crippen LogP contribution in [0, 0.1) is 26.6 Å². The van der Waals surface area contributed by atoms with Crippen molar-refractivity contribution >= 4 is 11.6 Å². The van der Waals surface area contributed by atoms with Gasteiger partial charge in [-0.05, 0) is 74.6 Å². The molecule has 3 aromatic rings. The number of aromatic nitrogens is 2. The number of rotatable bonds is 3. The van der Waals surface area contributed by atoms with Crippen molar-refractivity contribution in [1.82, 2.24) is 9.78 Å². The molecule has 2 heterocycles. The van der Waals surface area contributed by atoms with E-state index >= 15 is 0 Å². The second-order valence-electron chi connectivity index (χ2n) is 7.60. The molecular formula is C23H24FN3O. The maximum Gasteiger partial charge on any atom is 0.258 e. The average molecular weight is 377 g/mol. The van der Waals surface area contributed by atoms with Crippen molar-refractivity contribution in [1.29, 1.82) is 0 Å². The number of halogens is 1. The van der Waals surface area contributed by atoms with Crippen molar-refractivity contribution in [3.8, 4) is 0 Å². The molecule has 0 aliphatic carbocycles. The van der Waals surface area contributed by atoms with Crippen molar-refractivity contribution in [3.05, 3.63) is 81.9 Å². The third kappa shape index (κ3) is 3.44. The molecule has 5 heteroatoms. The standard InChI is InChI=1S/C23H24FN3O/c1-15-10-19-8-5-9-26(22(19)21(24)11-15)23(28)20-7-4-6-18(13-20)14-27-17(3)12-16(2)25-27/h4,6-7,10-13H,5,8-9,14H2,1-3H3. The van der Waals surface area contributed by atoms with E-state index in [4.69, 9.17) is 0 Å². The molecule has 0 atom stereocenters. The van der Waals surface area contributed by atoms with Gasteiger partial charge >= 0.3 is 0 Å². The highest BCUT2D eigenvalue weighted by molar-refractivity contribution is 6.07. The number of hydrogen-bond donors (Lipinski definition) is 0. The maximum absolute atomic E-state index is 14.7. The summed E-state index contributed by atoms with van der Waals surface area (Å²) >= 11 is 0. The zero-order valence-electron chi connectivity index (χ0n) is 16.5. The number of benzene rings is 2. The fourth-order valence-corrected chi connectivity index (χ4v) is 4.01. The number of aryl methyl sites for hydroxylation is 4. The van der Waals surface area contributed by atoms with Gasteiger partial charge in [-0.2, -0.15) is 5.10 Å². The van der Waals surface area contributed by atoms with Crippen LogP contribution in [-0.2, 0) is 13.0 Å². The Hall–Kier alpha value is -2.95. The van der Waals surface area contributed by atoms with Crippen LogP contribution >= 0.6 is 0 Å². The van der Waals surface area contributed by atoms with Crippen molar-refractivity contribution in [2.75, 3.05) is 11.4 Å². The first-order valence-corrected chi connectivity index (χ1v) is 9.63. The first-order valence-electron chi connectivity index (χ1n) is 9.63. The molecule has 1 aliphatic heterocycles. The van der Waals surface area contributed by atoms with Crippen molar-refractivity contribution in [2.45, 2.75) is 40.2 Å². The van der Waals surface area contributed by atoms with Crippen LogP contribution in [-0.4, -0.2) is 22.2 Å². The van der Waals surface area contributed by atoms with Gasteiger partial charge in [0.1, 0.15) is 5.82 Å². The second kappa shape index (κ2) is 7.23. The van der Waals surface area contributed by atoms with E-state index in [1.165, 1.54) is 6.07 Å². The average Bonchev–Trinajstić information content (AvgIpc) is 2.97. The monoisotopic (exact) mass is 377 g/mol. The Bertz CT molecular complexity index is 1050. The molecule has 1 aromatic heterocycles. The highest BCUT2D eigenvalue weighted by Gasteiger charge is 2.27. The van der Waals surface area contributed by atoms with Gasteiger partial charge in [0.15, 0.2) is 0 Å². The van der Waals surface area contributed by atoms with Gasteiger partial charge < -0.3 is 4.90 Å². The Morgan fingerprint density at radius 3 is 2.71 bits per heavy atom. The molecule has 0 spiro atoms. The van der Waals surface area contributed by atoms with Crippen LogP contribution in [0.3, 0.4) is 0 Å². The van der Waals surface area contributed by atoms with Crippen LogP contribution in [0.25, 0.3) is 0 Å². The lowest BCUT2D eigenvalue weighted by Crippen LogP contribution is -2.36. The van der Waals surface area contributed by atoms with Gasteiger partial charge in [-0.1, -0.05) is 18.2 Å². The largest absolute Gasteiger partial charge is 0.305 e. The van der Waals surface area contributed by atoms with Gasteiger partial charge in [-0.25, -0.2) is 4.39 Å². The van der Waals surface area contributed by atoms with E-state index in [9.17, 15) is 9.18 Å². The molecule has 144 valence electrons. The third-order valence-electron chi connectivity index (χ3n) is 5.24. The van der Waals surface area contributed by atoms with Crippen LogP contribution in [0.1, 0.15) is 44.9 Å². The first-order chi connectivity index (χ1) is 13.4. The molecule has 0 saturated heterocycles. The molecule has 28 heavy (non-hydrogen) atoms. The lowest BCUT2D eigenvalue weighted by Gasteiger charge is -2.30. The lowest BCUT2D eigenvalue weighted by atomic mass is 9.98. The minimum atomic E-state index is -0.318. The van der Waals surface area contributed by atoms with Gasteiger partial charge in [0.2, 0.25) is 0 Å². The van der Waals surface area contributed by atoms with Crippen LogP contribution in [0.15, 0.2) is 42.5 Å². The van der Waals surface area contributed by atoms with Crippen molar-refractivity contribution in [3.63, 3.8) is 0 Å². The van der Waals surface area contributed by atoms with Gasteiger partial charge in [0.25, 0.3) is 5.91 Å². The van der Waals surface area contributed by atoms with Crippen molar-refractivity contribution in [2.24, 2.45) is 0 Å². The van der Waals surface area contributed by atoms with E-state index in [1.54, 1.807) is 11.0 Å². The Labute approximate surface area is 164 Å². The number of hydrogen-bond acceptors (Lipinski definition) is 2. The van der Waals surface area contributed by atoms with Crippen molar-refractivity contribution < 1.29 is 9.18 Å². The summed E-state index contributed by atoms with van der Waals surface area (Å²) in [6.45, 7) is 7.00. The van der Waals surface area contributed by atoms with E-state index < -0.39 is 0 Å². The lowest BCUT2D eigenvalue weighted by molar-refractivity contribution is 0.0984. The zero-order chi connectivity index (χ0) is 19.8. The van der Waals surface area contributed by atoms with Crippen LogP contribution in [0.2, 0.25) is 0 Å². The molecule has 0 fully saturated rings. The highest BCUT2D eigenvalue weighted by Crippen LogP contribution is 2.32. The first kappa shape index (κ1) is 18.4. The smallest absolute Gasteiger partial charge is 0.258 e. The van der Waals surface area contributed by atoms with Gasteiger partial charge in [-0.15, -0.1) is 0 Å². The van der Waals surface area contributed by atoms with E-state index in [1.807, 2.05) is 55.8 Å². The number of nitrogens with zero attached hydrogens (tertiary/aromatic N) is 3. The predicted molar refractivity (Wildman–Crippen MR) is 108 cm³/mol. The summed E-state index contributed by atoms with van der Waals surface area (Å²) in [4.78, 5) is 14.8. The third-order valence-corrected chi connectivity index (χ3v) is 5.24. The highest BCUT2D eigenvalue weighted by atomic mass is 19.1. The minimum absolute atomic E-state index is 0.154. The molecule has 0 N–H and O–H groups in total. The van der Waals surface area contributed by atoms with E-state index in [0.29, 0.717) is 24.3 Å². The molecule has 0 radical (unpaired) electrons. The number of carbonyl (C=O) groups excluding carboxylic acids is 1. The summed E-state index contributed by atoms with van der Waals surface area (Å²) in [5, 5.41) is 4.49. The summed E-state index contributed by atoms with van der Waals surface area (Å²) in [5.74, 6) is -0.472. The number of amides is 1. The maximum atomic E-state index is 14.7. The summed E-state index contributed by atoms with van der Waals surface area (Å²) in [6.07, 6.45) is 1.64. The molecule has 2 aromatic carbocycles.